The van der Waals surface area contributed by atoms with Gasteiger partial charge in [0, 0.05) is 5.69 Å². The molecule has 1 unspecified atom stereocenters. The fourth-order valence-corrected chi connectivity index (χ4v) is 3.20. The molecule has 27 heavy (non-hydrogen) atoms. The largest absolute Gasteiger partial charge is 0.399 e. The minimum absolute atomic E-state index is 0.00516. The van der Waals surface area contributed by atoms with Crippen molar-refractivity contribution in [2.24, 2.45) is 0 Å². The SMILES string of the molecule is [B]c1c([B])c(N)c2c(=O)n(C3([B])CC([B])([B])C(=O)NC3=O)c(C)nc2c1[B]. The lowest BCUT2D eigenvalue weighted by molar-refractivity contribution is -0.138. The Balaban J connectivity index is 2.42. The van der Waals surface area contributed by atoms with Crippen LogP contribution < -0.4 is 33.0 Å². The van der Waals surface area contributed by atoms with E-state index >= 15 is 0 Å². The molecule has 3 rings (SSSR count). The monoisotopic (exact) mass is 346 g/mol. The van der Waals surface area contributed by atoms with Crippen molar-refractivity contribution < 1.29 is 9.59 Å². The number of carbonyl (C=O) groups is 2. The number of hydrogen-bond acceptors (Lipinski definition) is 5. The van der Waals surface area contributed by atoms with Crippen LogP contribution in [0.3, 0.4) is 0 Å². The minimum Gasteiger partial charge on any atom is -0.399 e. The Morgan fingerprint density at radius 1 is 1.04 bits per heavy atom. The normalized spacial score (nSPS) is 22.0. The summed E-state index contributed by atoms with van der Waals surface area (Å²) < 4.78 is 0.858. The molecule has 2 heterocycles. The Morgan fingerprint density at radius 3 is 2.22 bits per heavy atom. The summed E-state index contributed by atoms with van der Waals surface area (Å²) >= 11 is 0. The number of piperidine rings is 1. The van der Waals surface area contributed by atoms with Crippen LogP contribution >= 0.6 is 0 Å². The summed E-state index contributed by atoms with van der Waals surface area (Å²) in [5, 5.41) is -0.193. The van der Waals surface area contributed by atoms with Crippen molar-refractivity contribution in [3.8, 4) is 0 Å². The zero-order chi connectivity index (χ0) is 20.5. The smallest absolute Gasteiger partial charge is 0.263 e. The molecule has 0 bridgehead atoms. The van der Waals surface area contributed by atoms with Crippen LogP contribution in [0.2, 0.25) is 5.21 Å². The van der Waals surface area contributed by atoms with Gasteiger partial charge in [0.05, 0.1) is 32.0 Å². The lowest BCUT2D eigenvalue weighted by atomic mass is 9.45. The van der Waals surface area contributed by atoms with E-state index in [4.69, 9.17) is 52.8 Å². The molecule has 3 N–H and O–H groups in total. The highest BCUT2D eigenvalue weighted by Gasteiger charge is 2.49. The Bertz CT molecular complexity index is 1100. The predicted molar refractivity (Wildman–Crippen MR) is 107 cm³/mol. The second-order valence-electron chi connectivity index (χ2n) is 6.60. The molecular weight excluding hydrogens is 337 g/mol. The molecule has 1 saturated heterocycles. The lowest BCUT2D eigenvalue weighted by Gasteiger charge is -2.43. The lowest BCUT2D eigenvalue weighted by Crippen LogP contribution is -2.63. The van der Waals surface area contributed by atoms with Crippen LogP contribution in [0.1, 0.15) is 12.2 Å². The van der Waals surface area contributed by atoms with Crippen molar-refractivity contribution in [1.29, 1.82) is 0 Å². The van der Waals surface area contributed by atoms with Gasteiger partial charge in [0.1, 0.15) is 37.2 Å². The van der Waals surface area contributed by atoms with Crippen molar-refractivity contribution in [3.05, 3.63) is 16.2 Å². The summed E-state index contributed by atoms with van der Waals surface area (Å²) in [5.74, 6) is -1.89. The van der Waals surface area contributed by atoms with Crippen molar-refractivity contribution in [2.45, 2.75) is 24.0 Å². The number of nitrogen functional groups attached to an aromatic ring is 1. The summed E-state index contributed by atoms with van der Waals surface area (Å²) in [6.07, 6.45) is -0.557. The number of nitrogens with one attached hydrogen (secondary N) is 1. The summed E-state index contributed by atoms with van der Waals surface area (Å²) in [4.78, 5) is 41.7. The van der Waals surface area contributed by atoms with Crippen LogP contribution in [0.15, 0.2) is 4.79 Å². The van der Waals surface area contributed by atoms with Crippen LogP contribution in [0, 0.1) is 6.92 Å². The number of benzene rings is 1. The fraction of sp³-hybridized carbons (Fsp3) is 0.286. The summed E-state index contributed by atoms with van der Waals surface area (Å²) in [7, 11) is 35.1. The van der Waals surface area contributed by atoms with Crippen molar-refractivity contribution >= 4 is 91.9 Å². The molecular formula is C14H8B6N4O3. The quantitative estimate of drug-likeness (QED) is 0.306. The van der Waals surface area contributed by atoms with Gasteiger partial charge < -0.3 is 5.73 Å². The summed E-state index contributed by atoms with van der Waals surface area (Å²) in [6.45, 7) is 1.41. The molecule has 1 aromatic carbocycles. The van der Waals surface area contributed by atoms with E-state index in [-0.39, 0.29) is 38.8 Å². The highest BCUT2D eigenvalue weighted by atomic mass is 16.2. The number of nitrogens with zero attached hydrogens (tertiary/aromatic N) is 2. The first-order chi connectivity index (χ1) is 12.3. The van der Waals surface area contributed by atoms with Crippen molar-refractivity contribution in [3.63, 3.8) is 0 Å². The van der Waals surface area contributed by atoms with Gasteiger partial charge in [-0.05, 0) is 18.6 Å². The third-order valence-corrected chi connectivity index (χ3v) is 4.65. The van der Waals surface area contributed by atoms with E-state index in [0.717, 1.165) is 4.57 Å². The van der Waals surface area contributed by atoms with Gasteiger partial charge in [0.25, 0.3) is 5.56 Å². The number of nitrogens with two attached hydrogens (primary N) is 1. The maximum absolute atomic E-state index is 13.2. The average molecular weight is 345 g/mol. The summed E-state index contributed by atoms with van der Waals surface area (Å²) in [5.41, 5.74) is 2.72. The van der Waals surface area contributed by atoms with Gasteiger partial charge in [-0.25, -0.2) is 4.98 Å². The van der Waals surface area contributed by atoms with Crippen LogP contribution in [0.4, 0.5) is 5.69 Å². The second kappa shape index (κ2) is 5.84. The van der Waals surface area contributed by atoms with Gasteiger partial charge in [0.15, 0.2) is 0 Å². The minimum atomic E-state index is -2.10. The number of carbonyl (C=O) groups excluding carboxylic acids is 2. The molecule has 1 atom stereocenters. The molecule has 2 aromatic rings. The van der Waals surface area contributed by atoms with Gasteiger partial charge >= 0.3 is 0 Å². The van der Waals surface area contributed by atoms with Crippen LogP contribution in [0.5, 0.6) is 0 Å². The summed E-state index contributed by atoms with van der Waals surface area (Å²) in [6, 6.07) is 0. The van der Waals surface area contributed by atoms with E-state index in [1.807, 2.05) is 5.32 Å². The predicted octanol–water partition coefficient (Wildman–Crippen LogP) is -5.01. The Morgan fingerprint density at radius 2 is 1.63 bits per heavy atom. The maximum atomic E-state index is 13.2. The van der Waals surface area contributed by atoms with E-state index < -0.39 is 34.4 Å². The Kier molecular flexibility index (Phi) is 4.21. The molecule has 7 nitrogen and oxygen atoms in total. The van der Waals surface area contributed by atoms with Crippen LogP contribution in [-0.4, -0.2) is 68.4 Å². The highest BCUT2D eigenvalue weighted by molar-refractivity contribution is 6.61. The topological polar surface area (TPSA) is 107 Å². The molecule has 2 amide bonds. The molecule has 1 aromatic heterocycles. The Labute approximate surface area is 162 Å². The molecule has 12 radical (unpaired) electrons. The zero-order valence-corrected chi connectivity index (χ0v) is 14.4. The average Bonchev–Trinajstić information content (AvgIpc) is 2.55. The molecule has 0 saturated carbocycles. The third-order valence-electron chi connectivity index (χ3n) is 4.65. The molecule has 1 aliphatic rings. The van der Waals surface area contributed by atoms with E-state index in [1.54, 1.807) is 0 Å². The van der Waals surface area contributed by atoms with Gasteiger partial charge in [-0.3, -0.25) is 24.3 Å². The molecule has 120 valence electrons. The first-order valence-corrected chi connectivity index (χ1v) is 7.71. The standard InChI is InChI=1S/C14H8B6N4O3/c1-3-22-9-4(8(21)6(16)5(15)7(9)17)10(25)24(3)14(20)2-13(18,19)11(26)23-12(14)27/h2,21H2,1H3,(H,23,26,27). The van der Waals surface area contributed by atoms with E-state index in [1.165, 1.54) is 6.92 Å². The number of aromatic nitrogens is 2. The van der Waals surface area contributed by atoms with Gasteiger partial charge in [0.2, 0.25) is 11.8 Å². The zero-order valence-electron chi connectivity index (χ0n) is 14.4. The van der Waals surface area contributed by atoms with Gasteiger partial charge in [-0.15, -0.1) is 5.46 Å². The molecule has 0 aliphatic carbocycles. The van der Waals surface area contributed by atoms with Gasteiger partial charge in [-0.2, -0.15) is 0 Å². The molecule has 1 aliphatic heterocycles. The first kappa shape index (κ1) is 19.5. The van der Waals surface area contributed by atoms with E-state index in [2.05, 4.69) is 4.98 Å². The van der Waals surface area contributed by atoms with E-state index in [9.17, 15) is 14.4 Å². The van der Waals surface area contributed by atoms with Crippen molar-refractivity contribution in [2.75, 3.05) is 5.73 Å². The third kappa shape index (κ3) is 2.58. The number of aryl methyl sites for hydroxylation is 1. The van der Waals surface area contributed by atoms with Crippen LogP contribution in [0.25, 0.3) is 10.9 Å². The Hall–Kier alpha value is -2.31. The fourth-order valence-electron chi connectivity index (χ4n) is 3.20. The molecule has 1 fully saturated rings. The number of fused-ring (bicyclic) bond motifs is 1. The highest BCUT2D eigenvalue weighted by Crippen LogP contribution is 2.36. The molecule has 13 heteroatoms. The first-order valence-electron chi connectivity index (χ1n) is 7.71. The second-order valence-corrected chi connectivity index (χ2v) is 6.60. The van der Waals surface area contributed by atoms with Crippen LogP contribution in [-0.2, 0) is 15.0 Å². The number of amides is 2. The maximum Gasteiger partial charge on any atom is 0.263 e. The van der Waals surface area contributed by atoms with Crippen molar-refractivity contribution in [1.82, 2.24) is 14.9 Å². The van der Waals surface area contributed by atoms with E-state index in [0.29, 0.717) is 0 Å². The molecule has 0 spiro atoms. The van der Waals surface area contributed by atoms with Gasteiger partial charge in [-0.1, -0.05) is 10.9 Å². The number of imide groups is 1. The number of rotatable bonds is 1. The number of hydrogen-bond donors (Lipinski definition) is 2. The number of anilines is 1.